The fourth-order valence-electron chi connectivity index (χ4n) is 2.71. The minimum absolute atomic E-state index is 0.254. The first-order valence-corrected chi connectivity index (χ1v) is 8.79. The van der Waals surface area contributed by atoms with Gasteiger partial charge in [0.15, 0.2) is 0 Å². The number of rotatable bonds is 7. The molecule has 0 spiro atoms. The third kappa shape index (κ3) is 4.55. The van der Waals surface area contributed by atoms with E-state index in [1.807, 2.05) is 13.8 Å². The van der Waals surface area contributed by atoms with E-state index >= 15 is 0 Å². The summed E-state index contributed by atoms with van der Waals surface area (Å²) >= 11 is 0. The molecule has 6 nitrogen and oxygen atoms in total. The van der Waals surface area contributed by atoms with Crippen LogP contribution < -0.4 is 14.8 Å². The lowest BCUT2D eigenvalue weighted by Crippen LogP contribution is -2.28. The van der Waals surface area contributed by atoms with Gasteiger partial charge >= 0.3 is 0 Å². The molecule has 1 atom stereocenters. The van der Waals surface area contributed by atoms with Crippen LogP contribution in [0.2, 0.25) is 0 Å². The maximum atomic E-state index is 13.4. The van der Waals surface area contributed by atoms with Gasteiger partial charge in [-0.05, 0) is 38.1 Å². The highest BCUT2D eigenvalue weighted by molar-refractivity contribution is 6.06. The molecule has 1 aliphatic rings. The number of hydrogen-bond donors (Lipinski definition) is 1. The Balaban J connectivity index is 1.70. The van der Waals surface area contributed by atoms with Gasteiger partial charge in [0.25, 0.3) is 5.91 Å². The quantitative estimate of drug-likeness (QED) is 0.804. The van der Waals surface area contributed by atoms with E-state index < -0.39 is 6.10 Å². The lowest BCUT2D eigenvalue weighted by molar-refractivity contribution is -0.125. The predicted molar refractivity (Wildman–Crippen MR) is 99.8 cm³/mol. The topological polar surface area (TPSA) is 69.2 Å². The minimum atomic E-state index is -0.798. The summed E-state index contributed by atoms with van der Waals surface area (Å²) < 4.78 is 24.4. The maximum Gasteiger partial charge on any atom is 0.268 e. The lowest BCUT2D eigenvalue weighted by Gasteiger charge is -2.15. The van der Waals surface area contributed by atoms with Crippen molar-refractivity contribution in [2.75, 3.05) is 18.5 Å². The molecule has 0 aliphatic carbocycles. The summed E-state index contributed by atoms with van der Waals surface area (Å²) in [4.78, 5) is 17.9. The molecule has 0 unspecified atom stereocenters. The Labute approximate surface area is 156 Å². The average molecular weight is 372 g/mol. The molecule has 2 aromatic carbocycles. The number of anilines is 1. The van der Waals surface area contributed by atoms with Crippen LogP contribution in [-0.4, -0.2) is 30.9 Å². The third-order valence-corrected chi connectivity index (χ3v) is 3.94. The summed E-state index contributed by atoms with van der Waals surface area (Å²) in [6.45, 7) is 4.72. The second-order valence-corrected chi connectivity index (χ2v) is 5.86. The fourth-order valence-corrected chi connectivity index (χ4v) is 2.71. The zero-order valence-electron chi connectivity index (χ0n) is 15.2. The zero-order chi connectivity index (χ0) is 19.2. The number of carbonyl (C=O) groups is 1. The standard InChI is InChI=1S/C20H21FN2O4/c1-3-25-15-8-9-18(26-4-2)17(11-15)22-20(24)19-12-16(23-27-19)13-6-5-7-14(21)10-13/h5-11,19H,3-4,12H2,1-2H3,(H,22,24)/t19-/m1/s1. The Morgan fingerprint density at radius 3 is 2.78 bits per heavy atom. The molecule has 1 heterocycles. The maximum absolute atomic E-state index is 13.4. The predicted octanol–water partition coefficient (Wildman–Crippen LogP) is 3.75. The van der Waals surface area contributed by atoms with Crippen molar-refractivity contribution in [1.29, 1.82) is 0 Å². The van der Waals surface area contributed by atoms with Crippen LogP contribution >= 0.6 is 0 Å². The van der Waals surface area contributed by atoms with Crippen LogP contribution in [-0.2, 0) is 9.63 Å². The van der Waals surface area contributed by atoms with Gasteiger partial charge in [-0.1, -0.05) is 17.3 Å². The molecule has 27 heavy (non-hydrogen) atoms. The van der Waals surface area contributed by atoms with Crippen LogP contribution in [0.5, 0.6) is 11.5 Å². The smallest absolute Gasteiger partial charge is 0.268 e. The van der Waals surface area contributed by atoms with Crippen LogP contribution in [0.3, 0.4) is 0 Å². The first-order chi connectivity index (χ1) is 13.1. The normalized spacial score (nSPS) is 15.7. The van der Waals surface area contributed by atoms with E-state index in [2.05, 4.69) is 10.5 Å². The van der Waals surface area contributed by atoms with Crippen LogP contribution in [0.1, 0.15) is 25.8 Å². The molecule has 0 saturated carbocycles. The van der Waals surface area contributed by atoms with Gasteiger partial charge in [-0.15, -0.1) is 0 Å². The van der Waals surface area contributed by atoms with E-state index in [9.17, 15) is 9.18 Å². The lowest BCUT2D eigenvalue weighted by atomic mass is 10.0. The number of hydrogen-bond acceptors (Lipinski definition) is 5. The van der Waals surface area contributed by atoms with Crippen molar-refractivity contribution in [3.63, 3.8) is 0 Å². The highest BCUT2D eigenvalue weighted by Gasteiger charge is 2.29. The largest absolute Gasteiger partial charge is 0.494 e. The number of halogens is 1. The van der Waals surface area contributed by atoms with Crippen LogP contribution in [0, 0.1) is 5.82 Å². The van der Waals surface area contributed by atoms with Gasteiger partial charge in [-0.2, -0.15) is 0 Å². The monoisotopic (exact) mass is 372 g/mol. The summed E-state index contributed by atoms with van der Waals surface area (Å²) in [5.74, 6) is 0.441. The van der Waals surface area contributed by atoms with Gasteiger partial charge in [0.05, 0.1) is 24.6 Å². The molecule has 0 fully saturated rings. The molecule has 1 aliphatic heterocycles. The summed E-state index contributed by atoms with van der Waals surface area (Å²) in [7, 11) is 0. The van der Waals surface area contributed by atoms with Crippen molar-refractivity contribution in [1.82, 2.24) is 0 Å². The van der Waals surface area contributed by atoms with Gasteiger partial charge in [-0.3, -0.25) is 4.79 Å². The number of nitrogens with zero attached hydrogens (tertiary/aromatic N) is 1. The zero-order valence-corrected chi connectivity index (χ0v) is 15.2. The second kappa shape index (κ2) is 8.53. The minimum Gasteiger partial charge on any atom is -0.494 e. The summed E-state index contributed by atoms with van der Waals surface area (Å²) in [5, 5.41) is 6.73. The average Bonchev–Trinajstić information content (AvgIpc) is 3.15. The van der Waals surface area contributed by atoms with Crippen molar-refractivity contribution in [3.05, 3.63) is 53.8 Å². The number of oxime groups is 1. The molecule has 0 bridgehead atoms. The third-order valence-electron chi connectivity index (χ3n) is 3.94. The molecule has 1 N–H and O–H groups in total. The number of benzene rings is 2. The Kier molecular flexibility index (Phi) is 5.90. The Bertz CT molecular complexity index is 854. The summed E-state index contributed by atoms with van der Waals surface area (Å²) in [6, 6.07) is 11.3. The van der Waals surface area contributed by atoms with E-state index in [-0.39, 0.29) is 18.1 Å². The molecule has 3 rings (SSSR count). The summed E-state index contributed by atoms with van der Waals surface area (Å²) in [6.07, 6.45) is -0.543. The number of amides is 1. The Hall–Kier alpha value is -3.09. The fraction of sp³-hybridized carbons (Fsp3) is 0.300. The van der Waals surface area contributed by atoms with Crippen LogP contribution in [0.4, 0.5) is 10.1 Å². The molecule has 142 valence electrons. The highest BCUT2D eigenvalue weighted by atomic mass is 19.1. The molecule has 0 saturated heterocycles. The van der Waals surface area contributed by atoms with E-state index in [1.54, 1.807) is 30.3 Å². The SMILES string of the molecule is CCOc1ccc(OCC)c(NC(=O)[C@H]2CC(c3cccc(F)c3)=NO2)c1. The van der Waals surface area contributed by atoms with Crippen molar-refractivity contribution in [2.45, 2.75) is 26.4 Å². The molecular formula is C20H21FN2O4. The van der Waals surface area contributed by atoms with Crippen molar-refractivity contribution in [2.24, 2.45) is 5.16 Å². The number of ether oxygens (including phenoxy) is 2. The number of carbonyl (C=O) groups excluding carboxylic acids is 1. The van der Waals surface area contributed by atoms with Crippen molar-refractivity contribution in [3.8, 4) is 11.5 Å². The number of nitrogens with one attached hydrogen (secondary N) is 1. The first-order valence-electron chi connectivity index (χ1n) is 8.79. The van der Waals surface area contributed by atoms with Gasteiger partial charge in [0.1, 0.15) is 17.3 Å². The van der Waals surface area contributed by atoms with Crippen molar-refractivity contribution >= 4 is 17.3 Å². The molecule has 1 amide bonds. The molecule has 0 aromatic heterocycles. The van der Waals surface area contributed by atoms with Crippen molar-refractivity contribution < 1.29 is 23.5 Å². The highest BCUT2D eigenvalue weighted by Crippen LogP contribution is 2.30. The van der Waals surface area contributed by atoms with Gasteiger partial charge < -0.3 is 19.6 Å². The summed E-state index contributed by atoms with van der Waals surface area (Å²) in [5.41, 5.74) is 1.62. The molecule has 0 radical (unpaired) electrons. The van der Waals surface area contributed by atoms with E-state index in [0.717, 1.165) is 0 Å². The molecule has 2 aromatic rings. The van der Waals surface area contributed by atoms with Gasteiger partial charge in [0.2, 0.25) is 6.10 Å². The molecular weight excluding hydrogens is 351 g/mol. The Morgan fingerprint density at radius 1 is 1.22 bits per heavy atom. The van der Waals surface area contributed by atoms with Crippen LogP contribution in [0.15, 0.2) is 47.6 Å². The van der Waals surface area contributed by atoms with E-state index in [1.165, 1.54) is 12.1 Å². The van der Waals surface area contributed by atoms with Crippen LogP contribution in [0.25, 0.3) is 0 Å². The van der Waals surface area contributed by atoms with E-state index in [0.29, 0.717) is 41.7 Å². The van der Waals surface area contributed by atoms with E-state index in [4.69, 9.17) is 14.3 Å². The second-order valence-electron chi connectivity index (χ2n) is 5.86. The molecule has 7 heteroatoms. The van der Waals surface area contributed by atoms with Gasteiger partial charge in [0, 0.05) is 18.1 Å². The Morgan fingerprint density at radius 2 is 2.04 bits per heavy atom. The first kappa shape index (κ1) is 18.7. The van der Waals surface area contributed by atoms with Gasteiger partial charge in [-0.25, -0.2) is 4.39 Å².